The molecule has 0 N–H and O–H groups in total. The van der Waals surface area contributed by atoms with Gasteiger partial charge >= 0.3 is 29.6 Å². The minimum atomic E-state index is 0. The molecule has 0 aliphatic rings. The van der Waals surface area contributed by atoms with E-state index in [2.05, 4.69) is 22.4 Å². The van der Waals surface area contributed by atoms with Crippen LogP contribution in [0.1, 0.15) is 1.43 Å². The van der Waals surface area contributed by atoms with Gasteiger partial charge in [0.25, 0.3) is 0 Å². The number of nitrogens with zero attached hydrogens (tertiary/aromatic N) is 1. The third-order valence-corrected chi connectivity index (χ3v) is 1.02. The molecule has 0 unspecified atom stereocenters. The molecule has 0 aromatic heterocycles. The van der Waals surface area contributed by atoms with Crippen LogP contribution in [0.15, 0.2) is 35.3 Å². The van der Waals surface area contributed by atoms with Crippen LogP contribution in [0.2, 0.25) is 0 Å². The topological polar surface area (TPSA) is 12.4 Å². The van der Waals surface area contributed by atoms with Crippen molar-refractivity contribution in [2.75, 3.05) is 0 Å². The molecule has 0 atom stereocenters. The van der Waals surface area contributed by atoms with Gasteiger partial charge in [0.05, 0.1) is 10.8 Å². The fourth-order valence-corrected chi connectivity index (χ4v) is 0.661. The number of hydrogen-bond acceptors (Lipinski definition) is 2. The summed E-state index contributed by atoms with van der Waals surface area (Å²) < 4.78 is 0. The third-order valence-electron chi connectivity index (χ3n) is 0.931. The van der Waals surface area contributed by atoms with Crippen LogP contribution in [0.4, 0.5) is 5.69 Å². The second-order valence-corrected chi connectivity index (χ2v) is 1.72. The smallest absolute Gasteiger partial charge is 1.00 e. The van der Waals surface area contributed by atoms with Gasteiger partial charge in [-0.25, -0.2) is 0 Å². The Morgan fingerprint density at radius 1 is 1.30 bits per heavy atom. The van der Waals surface area contributed by atoms with Crippen molar-refractivity contribution < 1.29 is 31.0 Å². The second kappa shape index (κ2) is 5.78. The zero-order valence-electron chi connectivity index (χ0n) is 6.74. The van der Waals surface area contributed by atoms with E-state index in [1.165, 1.54) is 0 Å². The number of hydrogen-bond donors (Lipinski definition) is 0. The quantitative estimate of drug-likeness (QED) is 0.307. The molecular formula is C7H6NNaS. The van der Waals surface area contributed by atoms with E-state index in [4.69, 9.17) is 0 Å². The summed E-state index contributed by atoms with van der Waals surface area (Å²) in [5, 5.41) is 2.29. The molecule has 1 aromatic carbocycles. The Kier molecular flexibility index (Phi) is 5.79. The Labute approximate surface area is 88.9 Å². The van der Waals surface area contributed by atoms with Crippen LogP contribution >= 0.6 is 12.2 Å². The van der Waals surface area contributed by atoms with Crippen LogP contribution in [0.25, 0.3) is 0 Å². The molecule has 0 heterocycles. The minimum absolute atomic E-state index is 0. The zero-order valence-corrected chi connectivity index (χ0v) is 8.56. The minimum Gasteiger partial charge on any atom is -1.00 e. The molecule has 1 aromatic rings. The Morgan fingerprint density at radius 2 is 1.90 bits per heavy atom. The molecule has 0 spiro atoms. The van der Waals surface area contributed by atoms with Gasteiger partial charge in [-0.05, 0) is 24.4 Å². The molecule has 0 aliphatic heterocycles. The van der Waals surface area contributed by atoms with Crippen molar-refractivity contribution >= 4 is 23.1 Å². The zero-order chi connectivity index (χ0) is 6.53. The normalized spacial score (nSPS) is 7.20. The van der Waals surface area contributed by atoms with Gasteiger partial charge in [-0.3, -0.25) is 0 Å². The van der Waals surface area contributed by atoms with E-state index in [-0.39, 0.29) is 31.0 Å². The average Bonchev–Trinajstić information content (AvgIpc) is 1.91. The average molecular weight is 159 g/mol. The fourth-order valence-electron chi connectivity index (χ4n) is 0.555. The Hall–Kier alpha value is 0.0200. The Morgan fingerprint density at radius 3 is 2.40 bits per heavy atom. The van der Waals surface area contributed by atoms with Crippen LogP contribution in [-0.4, -0.2) is 5.16 Å². The first-order valence-corrected chi connectivity index (χ1v) is 2.97. The molecule has 0 saturated carbocycles. The van der Waals surface area contributed by atoms with E-state index >= 15 is 0 Å². The second-order valence-electron chi connectivity index (χ2n) is 1.54. The van der Waals surface area contributed by atoms with E-state index in [1.807, 2.05) is 30.3 Å². The van der Waals surface area contributed by atoms with Gasteiger partial charge in [0.2, 0.25) is 0 Å². The summed E-state index contributed by atoms with van der Waals surface area (Å²) in [6.07, 6.45) is 0. The Balaban J connectivity index is 0. The standard InChI is InChI=1S/C7H5NS.Na.H/c9-6-8-7-4-2-1-3-5-7;;/h1-5H;;/q;+1;-1. The van der Waals surface area contributed by atoms with Crippen LogP contribution in [0.5, 0.6) is 0 Å². The molecule has 0 fully saturated rings. The van der Waals surface area contributed by atoms with Crippen LogP contribution in [-0.2, 0) is 0 Å². The molecule has 0 amide bonds. The van der Waals surface area contributed by atoms with Crippen molar-refractivity contribution in [1.82, 2.24) is 0 Å². The summed E-state index contributed by atoms with van der Waals surface area (Å²) in [5.74, 6) is 0. The van der Waals surface area contributed by atoms with Crippen molar-refractivity contribution in [2.45, 2.75) is 0 Å². The summed E-state index contributed by atoms with van der Waals surface area (Å²) in [5.41, 5.74) is 0.854. The fraction of sp³-hybridized carbons (Fsp3) is 0. The molecule has 1 rings (SSSR count). The van der Waals surface area contributed by atoms with E-state index in [1.54, 1.807) is 0 Å². The maximum atomic E-state index is 4.42. The summed E-state index contributed by atoms with van der Waals surface area (Å²) >= 11 is 4.42. The Bertz CT molecular complexity index is 233. The third kappa shape index (κ3) is 3.25. The van der Waals surface area contributed by atoms with E-state index in [0.29, 0.717) is 0 Å². The van der Waals surface area contributed by atoms with Crippen LogP contribution in [0, 0.1) is 0 Å². The van der Waals surface area contributed by atoms with Crippen molar-refractivity contribution in [3.05, 3.63) is 30.3 Å². The van der Waals surface area contributed by atoms with Crippen molar-refractivity contribution in [2.24, 2.45) is 4.99 Å². The number of benzene rings is 1. The van der Waals surface area contributed by atoms with Crippen LogP contribution in [0.3, 0.4) is 0 Å². The van der Waals surface area contributed by atoms with Crippen LogP contribution < -0.4 is 29.6 Å². The monoisotopic (exact) mass is 159 g/mol. The summed E-state index contributed by atoms with van der Waals surface area (Å²) in [4.78, 5) is 3.77. The molecule has 0 radical (unpaired) electrons. The summed E-state index contributed by atoms with van der Waals surface area (Å²) in [6, 6.07) is 9.50. The summed E-state index contributed by atoms with van der Waals surface area (Å²) in [6.45, 7) is 0. The first-order chi connectivity index (χ1) is 4.43. The van der Waals surface area contributed by atoms with Gasteiger partial charge in [0, 0.05) is 0 Å². The number of thiocarbonyl (C=S) groups is 1. The van der Waals surface area contributed by atoms with Crippen molar-refractivity contribution in [1.29, 1.82) is 0 Å². The molecular weight excluding hydrogens is 153 g/mol. The largest absolute Gasteiger partial charge is 1.00 e. The molecule has 1 nitrogen and oxygen atoms in total. The van der Waals surface area contributed by atoms with E-state index < -0.39 is 0 Å². The first kappa shape index (κ1) is 10.0. The number of rotatable bonds is 1. The molecule has 0 bridgehead atoms. The number of aliphatic imine (C=N–C) groups is 1. The van der Waals surface area contributed by atoms with E-state index in [0.717, 1.165) is 5.69 Å². The summed E-state index contributed by atoms with van der Waals surface area (Å²) in [7, 11) is 0. The maximum Gasteiger partial charge on any atom is 1.00 e. The van der Waals surface area contributed by atoms with Gasteiger partial charge in [0.15, 0.2) is 0 Å². The van der Waals surface area contributed by atoms with Gasteiger partial charge < -0.3 is 1.43 Å². The first-order valence-electron chi connectivity index (χ1n) is 2.56. The van der Waals surface area contributed by atoms with Gasteiger partial charge in [-0.2, -0.15) is 4.99 Å². The molecule has 46 valence electrons. The van der Waals surface area contributed by atoms with Gasteiger partial charge in [0.1, 0.15) is 0 Å². The van der Waals surface area contributed by atoms with E-state index in [9.17, 15) is 0 Å². The molecule has 0 aliphatic carbocycles. The van der Waals surface area contributed by atoms with Crippen molar-refractivity contribution in [3.8, 4) is 0 Å². The van der Waals surface area contributed by atoms with Crippen molar-refractivity contribution in [3.63, 3.8) is 0 Å². The van der Waals surface area contributed by atoms with Gasteiger partial charge in [-0.1, -0.05) is 18.2 Å². The van der Waals surface area contributed by atoms with Gasteiger partial charge in [-0.15, -0.1) is 0 Å². The maximum absolute atomic E-state index is 4.42. The predicted octanol–water partition coefficient (Wildman–Crippen LogP) is -0.463. The molecule has 10 heavy (non-hydrogen) atoms. The molecule has 3 heteroatoms. The SMILES string of the molecule is S=C=Nc1ccccc1.[H-].[Na+]. The number of para-hydroxylation sites is 1. The number of isothiocyanates is 1. The predicted molar refractivity (Wildman–Crippen MR) is 42.2 cm³/mol. The molecule has 0 saturated heterocycles.